The molecule has 0 aliphatic heterocycles. The topological polar surface area (TPSA) is 37.8 Å². The van der Waals surface area contributed by atoms with Crippen molar-refractivity contribution < 1.29 is 4.39 Å². The van der Waals surface area contributed by atoms with Crippen LogP contribution in [0.2, 0.25) is 5.02 Å². The molecule has 0 aliphatic carbocycles. The van der Waals surface area contributed by atoms with Gasteiger partial charge in [-0.1, -0.05) is 11.6 Å². The molecule has 3 aromatic rings. The summed E-state index contributed by atoms with van der Waals surface area (Å²) in [5.41, 5.74) is 1.56. The largest absolute Gasteiger partial charge is 0.370 e. The van der Waals surface area contributed by atoms with Gasteiger partial charge in [0.1, 0.15) is 11.6 Å². The highest BCUT2D eigenvalue weighted by Crippen LogP contribution is 2.36. The second-order valence-electron chi connectivity index (χ2n) is 4.65. The van der Waals surface area contributed by atoms with Gasteiger partial charge in [0.2, 0.25) is 0 Å². The van der Waals surface area contributed by atoms with Crippen molar-refractivity contribution >= 4 is 39.7 Å². The Morgan fingerprint density at radius 3 is 2.81 bits per heavy atom. The van der Waals surface area contributed by atoms with E-state index in [2.05, 4.69) is 15.3 Å². The molecule has 1 aromatic carbocycles. The molecule has 0 saturated heterocycles. The molecule has 1 N–H and O–H groups in total. The minimum Gasteiger partial charge on any atom is -0.370 e. The van der Waals surface area contributed by atoms with E-state index in [1.165, 1.54) is 23.5 Å². The molecule has 108 valence electrons. The molecule has 2 heterocycles. The molecular weight excluding hydrogens is 309 g/mol. The summed E-state index contributed by atoms with van der Waals surface area (Å²) in [5, 5.41) is 6.61. The normalized spacial score (nSPS) is 11.0. The highest BCUT2D eigenvalue weighted by Gasteiger charge is 2.15. The van der Waals surface area contributed by atoms with E-state index < -0.39 is 0 Å². The predicted molar refractivity (Wildman–Crippen MR) is 86.7 cm³/mol. The highest BCUT2D eigenvalue weighted by atomic mass is 35.5. The first kappa shape index (κ1) is 14.2. The fourth-order valence-electron chi connectivity index (χ4n) is 2.09. The van der Waals surface area contributed by atoms with Gasteiger partial charge in [-0.05, 0) is 36.9 Å². The van der Waals surface area contributed by atoms with Crippen molar-refractivity contribution in [1.29, 1.82) is 0 Å². The minimum absolute atomic E-state index is 0.317. The maximum atomic E-state index is 13.5. The summed E-state index contributed by atoms with van der Waals surface area (Å²) in [7, 11) is 0. The lowest BCUT2D eigenvalue weighted by molar-refractivity contribution is 0.629. The molecule has 0 atom stereocenters. The van der Waals surface area contributed by atoms with Crippen LogP contribution in [-0.4, -0.2) is 16.5 Å². The Labute approximate surface area is 130 Å². The lowest BCUT2D eigenvalue weighted by Crippen LogP contribution is -2.03. The second-order valence-corrected chi connectivity index (χ2v) is 5.91. The zero-order chi connectivity index (χ0) is 15.0. The molecule has 0 unspecified atom stereocenters. The molecule has 0 aliphatic rings. The SMILES string of the molecule is CCNc1nc(-c2scc(C)c2Cl)nc2cc(F)ccc12. The quantitative estimate of drug-likeness (QED) is 0.746. The third-order valence-corrected chi connectivity index (χ3v) is 4.80. The smallest absolute Gasteiger partial charge is 0.173 e. The van der Waals surface area contributed by atoms with Gasteiger partial charge in [-0.25, -0.2) is 14.4 Å². The number of nitrogens with one attached hydrogen (secondary N) is 1. The number of anilines is 1. The monoisotopic (exact) mass is 321 g/mol. The highest BCUT2D eigenvalue weighted by molar-refractivity contribution is 7.14. The van der Waals surface area contributed by atoms with Gasteiger partial charge in [-0.15, -0.1) is 11.3 Å². The van der Waals surface area contributed by atoms with Crippen LogP contribution in [0, 0.1) is 12.7 Å². The number of thiophene rings is 1. The Kier molecular flexibility index (Phi) is 3.78. The zero-order valence-electron chi connectivity index (χ0n) is 11.6. The summed E-state index contributed by atoms with van der Waals surface area (Å²) in [6.07, 6.45) is 0. The molecule has 0 spiro atoms. The zero-order valence-corrected chi connectivity index (χ0v) is 13.1. The van der Waals surface area contributed by atoms with E-state index in [9.17, 15) is 4.39 Å². The van der Waals surface area contributed by atoms with Crippen LogP contribution in [0.15, 0.2) is 23.6 Å². The summed E-state index contributed by atoms with van der Waals surface area (Å²) in [6, 6.07) is 4.51. The fourth-order valence-corrected chi connectivity index (χ4v) is 3.30. The van der Waals surface area contributed by atoms with Crippen molar-refractivity contribution in [3.63, 3.8) is 0 Å². The van der Waals surface area contributed by atoms with Gasteiger partial charge in [0.25, 0.3) is 0 Å². The Morgan fingerprint density at radius 1 is 1.33 bits per heavy atom. The summed E-state index contributed by atoms with van der Waals surface area (Å²) < 4.78 is 13.5. The molecule has 21 heavy (non-hydrogen) atoms. The summed E-state index contributed by atoms with van der Waals surface area (Å²) in [5.74, 6) is 0.898. The molecule has 2 aromatic heterocycles. The Morgan fingerprint density at radius 2 is 2.14 bits per heavy atom. The van der Waals surface area contributed by atoms with Gasteiger partial charge < -0.3 is 5.32 Å². The van der Waals surface area contributed by atoms with E-state index in [4.69, 9.17) is 11.6 Å². The fraction of sp³-hybridized carbons (Fsp3) is 0.200. The molecule has 0 amide bonds. The van der Waals surface area contributed by atoms with Gasteiger partial charge in [0, 0.05) is 18.0 Å². The molecule has 0 bridgehead atoms. The second kappa shape index (κ2) is 5.58. The van der Waals surface area contributed by atoms with Gasteiger partial charge in [-0.2, -0.15) is 0 Å². The van der Waals surface area contributed by atoms with Crippen molar-refractivity contribution in [1.82, 2.24) is 9.97 Å². The summed E-state index contributed by atoms with van der Waals surface area (Å²) in [6.45, 7) is 4.65. The maximum absolute atomic E-state index is 13.5. The van der Waals surface area contributed by atoms with Crippen LogP contribution in [0.5, 0.6) is 0 Å². The molecular formula is C15H13ClFN3S. The van der Waals surface area contributed by atoms with Crippen LogP contribution in [0.4, 0.5) is 10.2 Å². The third-order valence-electron chi connectivity index (χ3n) is 3.11. The number of rotatable bonds is 3. The van der Waals surface area contributed by atoms with Crippen LogP contribution in [-0.2, 0) is 0 Å². The lowest BCUT2D eigenvalue weighted by Gasteiger charge is -2.09. The Hall–Kier alpha value is -1.72. The van der Waals surface area contributed by atoms with Gasteiger partial charge in [0.05, 0.1) is 15.4 Å². The molecule has 3 rings (SSSR count). The lowest BCUT2D eigenvalue weighted by atomic mass is 10.2. The average molecular weight is 322 g/mol. The van der Waals surface area contributed by atoms with Crippen LogP contribution in [0.25, 0.3) is 21.6 Å². The van der Waals surface area contributed by atoms with Crippen molar-refractivity contribution in [2.45, 2.75) is 13.8 Å². The predicted octanol–water partition coefficient (Wildman–Crippen LogP) is 4.89. The van der Waals surface area contributed by atoms with Crippen molar-refractivity contribution in [2.75, 3.05) is 11.9 Å². The van der Waals surface area contributed by atoms with Crippen LogP contribution in [0.3, 0.4) is 0 Å². The van der Waals surface area contributed by atoms with E-state index in [1.807, 2.05) is 19.2 Å². The van der Waals surface area contributed by atoms with E-state index in [0.29, 0.717) is 22.2 Å². The molecule has 0 saturated carbocycles. The summed E-state index contributed by atoms with van der Waals surface area (Å²) >= 11 is 7.78. The number of nitrogens with zero attached hydrogens (tertiary/aromatic N) is 2. The van der Waals surface area contributed by atoms with E-state index >= 15 is 0 Å². The molecule has 0 fully saturated rings. The van der Waals surface area contributed by atoms with Crippen molar-refractivity contribution in [3.05, 3.63) is 40.0 Å². The number of aromatic nitrogens is 2. The van der Waals surface area contributed by atoms with Crippen molar-refractivity contribution in [2.24, 2.45) is 0 Å². The number of fused-ring (bicyclic) bond motifs is 1. The number of hydrogen-bond donors (Lipinski definition) is 1. The number of halogens is 2. The summed E-state index contributed by atoms with van der Waals surface area (Å²) in [4.78, 5) is 9.81. The number of benzene rings is 1. The van der Waals surface area contributed by atoms with Gasteiger partial charge in [0.15, 0.2) is 5.82 Å². The Bertz CT molecular complexity index is 816. The Balaban J connectivity index is 2.26. The third kappa shape index (κ3) is 2.59. The standard InChI is InChI=1S/C15H13ClFN3S/c1-3-18-14-10-5-4-9(17)6-11(10)19-15(20-14)13-12(16)8(2)7-21-13/h4-7H,3H2,1-2H3,(H,18,19,20). The number of aryl methyl sites for hydroxylation is 1. The van der Waals surface area contributed by atoms with Gasteiger partial charge in [-0.3, -0.25) is 0 Å². The van der Waals surface area contributed by atoms with Crippen molar-refractivity contribution in [3.8, 4) is 10.7 Å². The minimum atomic E-state index is -0.317. The average Bonchev–Trinajstić information content (AvgIpc) is 2.78. The van der Waals surface area contributed by atoms with E-state index in [0.717, 1.165) is 22.4 Å². The molecule has 6 heteroatoms. The molecule has 0 radical (unpaired) electrons. The van der Waals surface area contributed by atoms with Crippen LogP contribution < -0.4 is 5.32 Å². The maximum Gasteiger partial charge on any atom is 0.173 e. The van der Waals surface area contributed by atoms with E-state index in [-0.39, 0.29) is 5.82 Å². The molecule has 3 nitrogen and oxygen atoms in total. The first-order valence-electron chi connectivity index (χ1n) is 6.55. The first-order valence-corrected chi connectivity index (χ1v) is 7.81. The van der Waals surface area contributed by atoms with Crippen LogP contribution in [0.1, 0.15) is 12.5 Å². The van der Waals surface area contributed by atoms with E-state index in [1.54, 1.807) is 6.07 Å². The van der Waals surface area contributed by atoms with Crippen LogP contribution >= 0.6 is 22.9 Å². The first-order chi connectivity index (χ1) is 10.1. The van der Waals surface area contributed by atoms with Gasteiger partial charge >= 0.3 is 0 Å². The number of hydrogen-bond acceptors (Lipinski definition) is 4.